The van der Waals surface area contributed by atoms with E-state index in [0.29, 0.717) is 5.69 Å². The van der Waals surface area contributed by atoms with Gasteiger partial charge in [0.2, 0.25) is 5.91 Å². The van der Waals surface area contributed by atoms with Crippen LogP contribution >= 0.6 is 0 Å². The highest BCUT2D eigenvalue weighted by Gasteiger charge is 2.23. The number of rotatable bonds is 6. The first-order chi connectivity index (χ1) is 16.7. The molecule has 2 N–H and O–H groups in total. The number of hydrogen-bond acceptors (Lipinski definition) is 4. The van der Waals surface area contributed by atoms with Crippen molar-refractivity contribution in [3.8, 4) is 11.3 Å². The smallest absolute Gasteiger partial charge is 0.261 e. The summed E-state index contributed by atoms with van der Waals surface area (Å²) < 4.78 is 19.5. The van der Waals surface area contributed by atoms with Crippen LogP contribution in [0.15, 0.2) is 65.2 Å². The van der Waals surface area contributed by atoms with Gasteiger partial charge >= 0.3 is 0 Å². The summed E-state index contributed by atoms with van der Waals surface area (Å²) in [6.07, 6.45) is 0.141. The molecule has 0 radical (unpaired) electrons. The van der Waals surface area contributed by atoms with Crippen molar-refractivity contribution < 1.29 is 18.5 Å². The van der Waals surface area contributed by atoms with Gasteiger partial charge < -0.3 is 15.2 Å². The van der Waals surface area contributed by atoms with Gasteiger partial charge in [0, 0.05) is 16.9 Å². The van der Waals surface area contributed by atoms with E-state index in [-0.39, 0.29) is 34.9 Å². The molecule has 4 rings (SSSR count). The van der Waals surface area contributed by atoms with Gasteiger partial charge in [0.1, 0.15) is 22.8 Å². The number of nitrogens with zero attached hydrogens (tertiary/aromatic N) is 1. The Morgan fingerprint density at radius 1 is 0.886 bits per heavy atom. The van der Waals surface area contributed by atoms with Gasteiger partial charge in [-0.25, -0.2) is 4.39 Å². The van der Waals surface area contributed by atoms with Gasteiger partial charge in [-0.05, 0) is 86.3 Å². The van der Waals surface area contributed by atoms with E-state index in [1.165, 1.54) is 11.6 Å². The number of halogens is 1. The van der Waals surface area contributed by atoms with Crippen molar-refractivity contribution in [3.05, 3.63) is 100 Å². The molecule has 0 saturated carbocycles. The lowest BCUT2D eigenvalue weighted by atomic mass is 10.0. The molecule has 0 aliphatic rings. The molecule has 1 heterocycles. The predicted octanol–water partition coefficient (Wildman–Crippen LogP) is 6.15. The number of aryl methyl sites for hydroxylation is 3. The third-order valence-electron chi connectivity index (χ3n) is 5.98. The second-order valence-corrected chi connectivity index (χ2v) is 8.56. The van der Waals surface area contributed by atoms with Crippen LogP contribution in [-0.4, -0.2) is 17.0 Å². The summed E-state index contributed by atoms with van der Waals surface area (Å²) in [7, 11) is 0. The second kappa shape index (κ2) is 9.93. The highest BCUT2D eigenvalue weighted by Crippen LogP contribution is 2.28. The maximum Gasteiger partial charge on any atom is 0.261 e. The van der Waals surface area contributed by atoms with Crippen molar-refractivity contribution in [2.45, 2.75) is 34.1 Å². The molecule has 7 heteroatoms. The van der Waals surface area contributed by atoms with Crippen LogP contribution in [0.5, 0.6) is 0 Å². The average Bonchev–Trinajstić information content (AvgIpc) is 3.19. The van der Waals surface area contributed by atoms with E-state index in [1.807, 2.05) is 32.0 Å². The van der Waals surface area contributed by atoms with Gasteiger partial charge in [-0.1, -0.05) is 29.4 Å². The minimum absolute atomic E-state index is 0.136. The molecule has 178 valence electrons. The van der Waals surface area contributed by atoms with Crippen molar-refractivity contribution >= 4 is 23.2 Å². The summed E-state index contributed by atoms with van der Waals surface area (Å²) in [5.41, 5.74) is 5.89. The number of carbonyl (C=O) groups is 2. The number of anilines is 2. The van der Waals surface area contributed by atoms with Gasteiger partial charge in [-0.3, -0.25) is 9.59 Å². The van der Waals surface area contributed by atoms with Gasteiger partial charge in [0.05, 0.1) is 6.42 Å². The molecule has 35 heavy (non-hydrogen) atoms. The monoisotopic (exact) mass is 471 g/mol. The van der Waals surface area contributed by atoms with Crippen LogP contribution in [0.1, 0.15) is 38.4 Å². The summed E-state index contributed by atoms with van der Waals surface area (Å²) in [6.45, 7) is 7.68. The van der Waals surface area contributed by atoms with E-state index >= 15 is 0 Å². The lowest BCUT2D eigenvalue weighted by molar-refractivity contribution is -0.115. The summed E-state index contributed by atoms with van der Waals surface area (Å²) in [5.74, 6) is -0.858. The van der Waals surface area contributed by atoms with Crippen molar-refractivity contribution in [1.82, 2.24) is 5.16 Å². The van der Waals surface area contributed by atoms with Crippen LogP contribution in [0.4, 0.5) is 15.8 Å². The van der Waals surface area contributed by atoms with Gasteiger partial charge in [-0.15, -0.1) is 0 Å². The molecule has 0 aliphatic carbocycles. The zero-order valence-electron chi connectivity index (χ0n) is 20.0. The Bertz CT molecular complexity index is 1400. The SMILES string of the molecule is Cc1cc(NC(=O)Cc2cccc(NC(=O)c3c(-c4ccccc4F)noc3C)c2)cc(C)c1C. The first-order valence-electron chi connectivity index (χ1n) is 11.2. The Labute approximate surface area is 203 Å². The van der Waals surface area contributed by atoms with Crippen LogP contribution < -0.4 is 10.6 Å². The molecular weight excluding hydrogens is 445 g/mol. The largest absolute Gasteiger partial charge is 0.360 e. The Morgan fingerprint density at radius 2 is 1.60 bits per heavy atom. The molecule has 0 unspecified atom stereocenters. The zero-order valence-corrected chi connectivity index (χ0v) is 20.0. The van der Waals surface area contributed by atoms with E-state index in [2.05, 4.69) is 22.7 Å². The third-order valence-corrected chi connectivity index (χ3v) is 5.98. The molecule has 6 nitrogen and oxygen atoms in total. The van der Waals surface area contributed by atoms with Gasteiger partial charge in [-0.2, -0.15) is 0 Å². The lowest BCUT2D eigenvalue weighted by Crippen LogP contribution is -2.16. The maximum atomic E-state index is 14.3. The van der Waals surface area contributed by atoms with Gasteiger partial charge in [0.15, 0.2) is 0 Å². The van der Waals surface area contributed by atoms with Crippen molar-refractivity contribution in [2.75, 3.05) is 10.6 Å². The van der Waals surface area contributed by atoms with Crippen molar-refractivity contribution in [3.63, 3.8) is 0 Å². The Hall–Kier alpha value is -4.26. The normalized spacial score (nSPS) is 10.8. The van der Waals surface area contributed by atoms with Crippen LogP contribution in [0.2, 0.25) is 0 Å². The first-order valence-corrected chi connectivity index (χ1v) is 11.2. The van der Waals surface area contributed by atoms with Crippen molar-refractivity contribution in [2.24, 2.45) is 0 Å². The summed E-state index contributed by atoms with van der Waals surface area (Å²) in [4.78, 5) is 25.7. The number of carbonyl (C=O) groups excluding carboxylic acids is 2. The molecule has 0 aliphatic heterocycles. The van der Waals surface area contributed by atoms with Crippen molar-refractivity contribution in [1.29, 1.82) is 0 Å². The fourth-order valence-electron chi connectivity index (χ4n) is 3.93. The minimum Gasteiger partial charge on any atom is -0.360 e. The maximum absolute atomic E-state index is 14.3. The molecule has 0 spiro atoms. The zero-order chi connectivity index (χ0) is 25.1. The molecule has 2 amide bonds. The standard InChI is InChI=1S/C28H26FN3O3/c1-16-12-22(13-17(2)18(16)3)30-25(33)15-20-8-7-9-21(14-20)31-28(34)26-19(4)35-32-27(26)23-10-5-6-11-24(23)29/h5-14H,15H2,1-4H3,(H,30,33)(H,31,34). The molecule has 3 aromatic carbocycles. The number of nitrogens with one attached hydrogen (secondary N) is 2. The lowest BCUT2D eigenvalue weighted by Gasteiger charge is -2.11. The Balaban J connectivity index is 1.49. The van der Waals surface area contributed by atoms with Crippen LogP contribution in [0, 0.1) is 33.5 Å². The van der Waals surface area contributed by atoms with E-state index in [0.717, 1.165) is 22.4 Å². The van der Waals surface area contributed by atoms with Crippen LogP contribution in [-0.2, 0) is 11.2 Å². The average molecular weight is 472 g/mol. The molecule has 0 bridgehead atoms. The van der Waals surface area contributed by atoms with E-state index in [4.69, 9.17) is 4.52 Å². The minimum atomic E-state index is -0.498. The molecule has 0 saturated heterocycles. The Morgan fingerprint density at radius 3 is 2.31 bits per heavy atom. The fraction of sp³-hybridized carbons (Fsp3) is 0.179. The second-order valence-electron chi connectivity index (χ2n) is 8.56. The van der Waals surface area contributed by atoms with Gasteiger partial charge in [0.25, 0.3) is 5.91 Å². The predicted molar refractivity (Wildman–Crippen MR) is 134 cm³/mol. The van der Waals surface area contributed by atoms with Crippen LogP contribution in [0.3, 0.4) is 0 Å². The quantitative estimate of drug-likeness (QED) is 0.353. The third kappa shape index (κ3) is 5.30. The first kappa shape index (κ1) is 23.9. The molecule has 0 atom stereocenters. The fourth-order valence-corrected chi connectivity index (χ4v) is 3.93. The van der Waals surface area contributed by atoms with E-state index in [9.17, 15) is 14.0 Å². The highest BCUT2D eigenvalue weighted by molar-refractivity contribution is 6.08. The molecule has 4 aromatic rings. The molecule has 1 aromatic heterocycles. The molecule has 0 fully saturated rings. The molecular formula is C28H26FN3O3. The highest BCUT2D eigenvalue weighted by atomic mass is 19.1. The number of hydrogen-bond donors (Lipinski definition) is 2. The number of benzene rings is 3. The number of aromatic nitrogens is 1. The number of amides is 2. The van der Waals surface area contributed by atoms with Crippen LogP contribution in [0.25, 0.3) is 11.3 Å². The topological polar surface area (TPSA) is 84.2 Å². The summed E-state index contributed by atoms with van der Waals surface area (Å²) in [6, 6.07) is 17.0. The summed E-state index contributed by atoms with van der Waals surface area (Å²) in [5, 5.41) is 9.64. The van der Waals surface area contributed by atoms with E-state index in [1.54, 1.807) is 43.3 Å². The van der Waals surface area contributed by atoms with E-state index < -0.39 is 11.7 Å². The summed E-state index contributed by atoms with van der Waals surface area (Å²) >= 11 is 0. The Kier molecular flexibility index (Phi) is 6.78.